The van der Waals surface area contributed by atoms with Crippen LogP contribution >= 0.6 is 0 Å². The number of anilines is 1. The molecule has 1 aromatic heterocycles. The molecule has 0 aromatic carbocycles. The quantitative estimate of drug-likeness (QED) is 0.846. The fraction of sp³-hybridized carbons (Fsp3) is 0.667. The van der Waals surface area contributed by atoms with E-state index in [2.05, 4.69) is 5.10 Å². The Kier molecular flexibility index (Phi) is 4.19. The van der Waals surface area contributed by atoms with E-state index >= 15 is 0 Å². The third-order valence-corrected chi connectivity index (χ3v) is 3.13. The molecular weight excluding hydrogens is 232 g/mol. The minimum absolute atomic E-state index is 0.0206. The average Bonchev–Trinajstić information content (AvgIpc) is 2.76. The Morgan fingerprint density at radius 1 is 1.67 bits per heavy atom. The summed E-state index contributed by atoms with van der Waals surface area (Å²) in [7, 11) is 1.80. The summed E-state index contributed by atoms with van der Waals surface area (Å²) in [5, 5.41) is 4.00. The molecule has 1 aliphatic heterocycles. The molecule has 0 saturated carbocycles. The van der Waals surface area contributed by atoms with E-state index in [0.717, 1.165) is 19.4 Å². The summed E-state index contributed by atoms with van der Waals surface area (Å²) in [6.45, 7) is 1.68. The van der Waals surface area contributed by atoms with E-state index < -0.39 is 0 Å². The summed E-state index contributed by atoms with van der Waals surface area (Å²) in [4.78, 5) is 13.7. The lowest BCUT2D eigenvalue weighted by molar-refractivity contribution is -0.133. The van der Waals surface area contributed by atoms with Crippen molar-refractivity contribution < 1.29 is 9.53 Å². The molecule has 6 heteroatoms. The first-order chi connectivity index (χ1) is 8.65. The number of hydrogen-bond acceptors (Lipinski definition) is 4. The zero-order valence-corrected chi connectivity index (χ0v) is 10.7. The highest BCUT2D eigenvalue weighted by Gasteiger charge is 2.19. The van der Waals surface area contributed by atoms with Gasteiger partial charge in [-0.2, -0.15) is 5.10 Å². The molecular formula is C12H20N4O2. The average molecular weight is 252 g/mol. The van der Waals surface area contributed by atoms with Gasteiger partial charge in [-0.15, -0.1) is 0 Å². The van der Waals surface area contributed by atoms with Crippen LogP contribution in [0.2, 0.25) is 0 Å². The van der Waals surface area contributed by atoms with Crippen LogP contribution in [0.5, 0.6) is 0 Å². The number of rotatable bonds is 4. The van der Waals surface area contributed by atoms with Gasteiger partial charge in [0.05, 0.1) is 18.0 Å². The fourth-order valence-corrected chi connectivity index (χ4v) is 2.08. The number of hydrogen-bond donors (Lipinski definition) is 1. The molecule has 0 spiro atoms. The summed E-state index contributed by atoms with van der Waals surface area (Å²) in [6, 6.07) is 0. The molecule has 6 nitrogen and oxygen atoms in total. The number of ether oxygens (including phenoxy) is 1. The van der Waals surface area contributed by atoms with E-state index in [9.17, 15) is 4.79 Å². The maximum absolute atomic E-state index is 12.0. The zero-order chi connectivity index (χ0) is 13.0. The van der Waals surface area contributed by atoms with Gasteiger partial charge in [-0.1, -0.05) is 0 Å². The van der Waals surface area contributed by atoms with Gasteiger partial charge in [-0.3, -0.25) is 9.48 Å². The summed E-state index contributed by atoms with van der Waals surface area (Å²) in [5.74, 6) is 0.0206. The van der Waals surface area contributed by atoms with Crippen molar-refractivity contribution in [3.8, 4) is 0 Å². The first-order valence-corrected chi connectivity index (χ1v) is 6.28. The first kappa shape index (κ1) is 12.9. The Morgan fingerprint density at radius 3 is 3.11 bits per heavy atom. The number of likely N-dealkylation sites (N-methyl/N-ethyl adjacent to an activating group) is 1. The standard InChI is InChI=1S/C12H20N4O2/c1-15(8-11-4-2-3-5-18-11)12(17)9-16-7-10(13)6-14-16/h6-7,11H,2-5,8-9,13H2,1H3. The van der Waals surface area contributed by atoms with Gasteiger partial charge in [0, 0.05) is 26.4 Å². The van der Waals surface area contributed by atoms with Crippen molar-refractivity contribution in [2.45, 2.75) is 31.9 Å². The van der Waals surface area contributed by atoms with E-state index in [4.69, 9.17) is 10.5 Å². The number of nitrogens with zero attached hydrogens (tertiary/aromatic N) is 3. The monoisotopic (exact) mass is 252 g/mol. The van der Waals surface area contributed by atoms with Gasteiger partial charge >= 0.3 is 0 Å². The Morgan fingerprint density at radius 2 is 2.50 bits per heavy atom. The van der Waals surface area contributed by atoms with Crippen LogP contribution in [0.25, 0.3) is 0 Å². The summed E-state index contributed by atoms with van der Waals surface area (Å²) in [6.07, 6.45) is 6.71. The fourth-order valence-electron chi connectivity index (χ4n) is 2.08. The molecule has 2 heterocycles. The Bertz CT molecular complexity index is 399. The Labute approximate surface area is 107 Å². The number of carbonyl (C=O) groups is 1. The number of nitrogen functional groups attached to an aromatic ring is 1. The van der Waals surface area contributed by atoms with Crippen LogP contribution in [-0.4, -0.2) is 46.9 Å². The second-order valence-corrected chi connectivity index (χ2v) is 4.73. The summed E-state index contributed by atoms with van der Waals surface area (Å²) >= 11 is 0. The molecule has 1 aromatic rings. The van der Waals surface area contributed by atoms with Gasteiger partial charge in [0.25, 0.3) is 0 Å². The van der Waals surface area contributed by atoms with E-state index in [1.807, 2.05) is 0 Å². The van der Waals surface area contributed by atoms with Crippen molar-refractivity contribution in [2.75, 3.05) is 25.9 Å². The van der Waals surface area contributed by atoms with E-state index in [1.165, 1.54) is 12.6 Å². The number of amides is 1. The Balaban J connectivity index is 1.80. The third kappa shape index (κ3) is 3.46. The minimum atomic E-state index is 0.0206. The van der Waals surface area contributed by atoms with Gasteiger partial charge in [-0.25, -0.2) is 0 Å². The maximum atomic E-state index is 12.0. The summed E-state index contributed by atoms with van der Waals surface area (Å²) in [5.41, 5.74) is 6.12. The first-order valence-electron chi connectivity index (χ1n) is 6.28. The van der Waals surface area contributed by atoms with Gasteiger partial charge in [0.15, 0.2) is 0 Å². The lowest BCUT2D eigenvalue weighted by Crippen LogP contribution is -2.38. The van der Waals surface area contributed by atoms with Crippen LogP contribution < -0.4 is 5.73 Å². The molecule has 0 aliphatic carbocycles. The van der Waals surface area contributed by atoms with Crippen LogP contribution in [0, 0.1) is 0 Å². The molecule has 100 valence electrons. The van der Waals surface area contributed by atoms with E-state index in [1.54, 1.807) is 22.8 Å². The largest absolute Gasteiger partial charge is 0.396 e. The van der Waals surface area contributed by atoms with Gasteiger partial charge < -0.3 is 15.4 Å². The predicted molar refractivity (Wildman–Crippen MR) is 67.9 cm³/mol. The topological polar surface area (TPSA) is 73.4 Å². The molecule has 18 heavy (non-hydrogen) atoms. The van der Waals surface area contributed by atoms with Crippen LogP contribution in [0.15, 0.2) is 12.4 Å². The van der Waals surface area contributed by atoms with Crippen molar-refractivity contribution in [1.82, 2.24) is 14.7 Å². The van der Waals surface area contributed by atoms with Crippen LogP contribution in [-0.2, 0) is 16.1 Å². The van der Waals surface area contributed by atoms with Crippen LogP contribution in [0.3, 0.4) is 0 Å². The molecule has 0 bridgehead atoms. The van der Waals surface area contributed by atoms with Crippen molar-refractivity contribution >= 4 is 11.6 Å². The zero-order valence-electron chi connectivity index (χ0n) is 10.7. The van der Waals surface area contributed by atoms with Crippen LogP contribution in [0.4, 0.5) is 5.69 Å². The van der Waals surface area contributed by atoms with Crippen molar-refractivity contribution in [2.24, 2.45) is 0 Å². The van der Waals surface area contributed by atoms with E-state index in [-0.39, 0.29) is 18.6 Å². The van der Waals surface area contributed by atoms with Crippen LogP contribution in [0.1, 0.15) is 19.3 Å². The molecule has 1 saturated heterocycles. The molecule has 1 unspecified atom stereocenters. The van der Waals surface area contributed by atoms with Gasteiger partial charge in [0.1, 0.15) is 6.54 Å². The molecule has 0 radical (unpaired) electrons. The smallest absolute Gasteiger partial charge is 0.244 e. The van der Waals surface area contributed by atoms with Gasteiger partial charge in [-0.05, 0) is 19.3 Å². The van der Waals surface area contributed by atoms with E-state index in [0.29, 0.717) is 12.2 Å². The molecule has 1 atom stereocenters. The SMILES string of the molecule is CN(CC1CCCCO1)C(=O)Cn1cc(N)cn1. The van der Waals surface area contributed by atoms with Crippen molar-refractivity contribution in [1.29, 1.82) is 0 Å². The Hall–Kier alpha value is -1.56. The normalized spacial score (nSPS) is 19.7. The molecule has 2 rings (SSSR count). The highest BCUT2D eigenvalue weighted by atomic mass is 16.5. The second kappa shape index (κ2) is 5.86. The van der Waals surface area contributed by atoms with Crippen molar-refractivity contribution in [3.05, 3.63) is 12.4 Å². The van der Waals surface area contributed by atoms with Crippen molar-refractivity contribution in [3.63, 3.8) is 0 Å². The highest BCUT2D eigenvalue weighted by Crippen LogP contribution is 2.13. The number of carbonyl (C=O) groups excluding carboxylic acids is 1. The second-order valence-electron chi connectivity index (χ2n) is 4.73. The highest BCUT2D eigenvalue weighted by molar-refractivity contribution is 5.75. The molecule has 1 aliphatic rings. The lowest BCUT2D eigenvalue weighted by atomic mass is 10.1. The maximum Gasteiger partial charge on any atom is 0.244 e. The minimum Gasteiger partial charge on any atom is -0.396 e. The molecule has 2 N–H and O–H groups in total. The molecule has 1 amide bonds. The molecule has 1 fully saturated rings. The predicted octanol–water partition coefficient (Wildman–Crippen LogP) is 0.493. The lowest BCUT2D eigenvalue weighted by Gasteiger charge is -2.27. The third-order valence-electron chi connectivity index (χ3n) is 3.13. The summed E-state index contributed by atoms with van der Waals surface area (Å²) < 4.78 is 7.17. The van der Waals surface area contributed by atoms with Gasteiger partial charge in [0.2, 0.25) is 5.91 Å². The number of nitrogens with two attached hydrogens (primary N) is 1. The number of aromatic nitrogens is 2.